The first-order valence-corrected chi connectivity index (χ1v) is 6.01. The van der Waals surface area contributed by atoms with Gasteiger partial charge in [-0.25, -0.2) is 0 Å². The molecule has 0 saturated heterocycles. The molecule has 0 fully saturated rings. The molecule has 0 aliphatic carbocycles. The first-order valence-electron chi connectivity index (χ1n) is 5.13. The highest BCUT2D eigenvalue weighted by Crippen LogP contribution is 2.34. The molecule has 0 amide bonds. The predicted octanol–water partition coefficient (Wildman–Crippen LogP) is 2.35. The summed E-state index contributed by atoms with van der Waals surface area (Å²) < 4.78 is 5.77. The number of fused-ring (bicyclic) bond motifs is 1. The summed E-state index contributed by atoms with van der Waals surface area (Å²) >= 11 is 1.82. The highest BCUT2D eigenvalue weighted by molar-refractivity contribution is 7.10. The molecule has 0 spiro atoms. The molecule has 1 aliphatic heterocycles. The first kappa shape index (κ1) is 10.1. The second-order valence-corrected chi connectivity index (χ2v) is 5.16. The monoisotopic (exact) mass is 211 g/mol. The highest BCUT2D eigenvalue weighted by atomic mass is 32.1. The van der Waals surface area contributed by atoms with Crippen LogP contribution in [0.5, 0.6) is 0 Å². The van der Waals surface area contributed by atoms with Gasteiger partial charge < -0.3 is 10.5 Å². The maximum atomic E-state index is 6.14. The Hall–Kier alpha value is -0.380. The Balaban J connectivity index is 2.23. The minimum atomic E-state index is 0.114. The second kappa shape index (κ2) is 4.01. The molecule has 1 aromatic rings. The lowest BCUT2D eigenvalue weighted by atomic mass is 9.93. The van der Waals surface area contributed by atoms with Crippen LogP contribution in [0.2, 0.25) is 0 Å². The van der Waals surface area contributed by atoms with Crippen LogP contribution in [-0.4, -0.2) is 12.6 Å². The summed E-state index contributed by atoms with van der Waals surface area (Å²) in [6.07, 6.45) is 1.17. The molecule has 2 N–H and O–H groups in total. The molecule has 0 unspecified atom stereocenters. The number of rotatable bonds is 2. The maximum Gasteiger partial charge on any atom is 0.0989 e. The van der Waals surface area contributed by atoms with E-state index in [1.165, 1.54) is 10.4 Å². The fourth-order valence-electron chi connectivity index (χ4n) is 1.84. The average molecular weight is 211 g/mol. The average Bonchev–Trinajstić information content (AvgIpc) is 2.63. The molecule has 1 aromatic heterocycles. The lowest BCUT2D eigenvalue weighted by Gasteiger charge is -2.30. The van der Waals surface area contributed by atoms with Gasteiger partial charge >= 0.3 is 0 Å². The van der Waals surface area contributed by atoms with E-state index in [2.05, 4.69) is 25.3 Å². The van der Waals surface area contributed by atoms with E-state index in [0.717, 1.165) is 13.0 Å². The molecule has 0 saturated carbocycles. The Kier molecular flexibility index (Phi) is 2.91. The summed E-state index contributed by atoms with van der Waals surface area (Å²) in [6.45, 7) is 5.11. The second-order valence-electron chi connectivity index (χ2n) is 4.16. The zero-order valence-electron chi connectivity index (χ0n) is 8.69. The van der Waals surface area contributed by atoms with E-state index in [-0.39, 0.29) is 12.1 Å². The van der Waals surface area contributed by atoms with E-state index in [1.54, 1.807) is 0 Å². The molecule has 2 rings (SSSR count). The summed E-state index contributed by atoms with van der Waals surface area (Å²) in [5.74, 6) is 0.464. The quantitative estimate of drug-likeness (QED) is 0.815. The van der Waals surface area contributed by atoms with Gasteiger partial charge in [-0.15, -0.1) is 11.3 Å². The third-order valence-electron chi connectivity index (χ3n) is 2.83. The Morgan fingerprint density at radius 1 is 1.57 bits per heavy atom. The Bertz CT molecular complexity index is 308. The van der Waals surface area contributed by atoms with Crippen LogP contribution in [0.15, 0.2) is 11.4 Å². The third kappa shape index (κ3) is 1.72. The van der Waals surface area contributed by atoms with E-state index in [1.807, 2.05) is 11.3 Å². The van der Waals surface area contributed by atoms with Crippen molar-refractivity contribution in [3.63, 3.8) is 0 Å². The van der Waals surface area contributed by atoms with Crippen molar-refractivity contribution in [3.05, 3.63) is 21.9 Å². The molecule has 2 atom stereocenters. The van der Waals surface area contributed by atoms with Crippen molar-refractivity contribution in [2.24, 2.45) is 11.7 Å². The van der Waals surface area contributed by atoms with Crippen LogP contribution in [-0.2, 0) is 11.2 Å². The van der Waals surface area contributed by atoms with Gasteiger partial charge in [0, 0.05) is 17.3 Å². The van der Waals surface area contributed by atoms with Gasteiger partial charge in [-0.1, -0.05) is 13.8 Å². The molecule has 2 heterocycles. The molecule has 1 aliphatic rings. The Morgan fingerprint density at radius 3 is 3.07 bits per heavy atom. The fourth-order valence-corrected chi connectivity index (χ4v) is 2.74. The largest absolute Gasteiger partial charge is 0.371 e. The SMILES string of the molecule is CC(C)[C@H](N)[C@H]1OCCc2sccc21. The zero-order valence-corrected chi connectivity index (χ0v) is 9.51. The number of hydrogen-bond acceptors (Lipinski definition) is 3. The third-order valence-corrected chi connectivity index (χ3v) is 3.83. The minimum absolute atomic E-state index is 0.114. The molecule has 3 heteroatoms. The Morgan fingerprint density at radius 2 is 2.36 bits per heavy atom. The van der Waals surface area contributed by atoms with E-state index < -0.39 is 0 Å². The van der Waals surface area contributed by atoms with Gasteiger partial charge in [0.25, 0.3) is 0 Å². The zero-order chi connectivity index (χ0) is 10.1. The van der Waals surface area contributed by atoms with E-state index >= 15 is 0 Å². The van der Waals surface area contributed by atoms with Crippen molar-refractivity contribution in [3.8, 4) is 0 Å². The summed E-state index contributed by atoms with van der Waals surface area (Å²) in [7, 11) is 0. The van der Waals surface area contributed by atoms with Crippen molar-refractivity contribution in [2.75, 3.05) is 6.61 Å². The lowest BCUT2D eigenvalue weighted by Crippen LogP contribution is -2.37. The smallest absolute Gasteiger partial charge is 0.0989 e. The minimum Gasteiger partial charge on any atom is -0.371 e. The van der Waals surface area contributed by atoms with Gasteiger partial charge in [0.15, 0.2) is 0 Å². The molecule has 0 aromatic carbocycles. The van der Waals surface area contributed by atoms with Gasteiger partial charge in [0.2, 0.25) is 0 Å². The first-order chi connectivity index (χ1) is 6.70. The number of hydrogen-bond donors (Lipinski definition) is 1. The van der Waals surface area contributed by atoms with Crippen LogP contribution in [0.4, 0.5) is 0 Å². The van der Waals surface area contributed by atoms with Crippen molar-refractivity contribution < 1.29 is 4.74 Å². The van der Waals surface area contributed by atoms with Crippen molar-refractivity contribution >= 4 is 11.3 Å². The molecule has 2 nitrogen and oxygen atoms in total. The van der Waals surface area contributed by atoms with Crippen LogP contribution in [0.1, 0.15) is 30.4 Å². The normalized spacial score (nSPS) is 23.6. The Labute approximate surface area is 89.1 Å². The molecule has 78 valence electrons. The number of nitrogens with two attached hydrogens (primary N) is 1. The fraction of sp³-hybridized carbons (Fsp3) is 0.636. The van der Waals surface area contributed by atoms with Gasteiger partial charge in [0.05, 0.1) is 12.7 Å². The number of ether oxygens (including phenoxy) is 1. The summed E-state index contributed by atoms with van der Waals surface area (Å²) in [5.41, 5.74) is 7.47. The van der Waals surface area contributed by atoms with Gasteiger partial charge in [-0.3, -0.25) is 0 Å². The maximum absolute atomic E-state index is 6.14. The summed E-state index contributed by atoms with van der Waals surface area (Å²) in [5, 5.41) is 2.14. The van der Waals surface area contributed by atoms with Gasteiger partial charge in [-0.05, 0) is 22.9 Å². The van der Waals surface area contributed by atoms with Crippen molar-refractivity contribution in [1.29, 1.82) is 0 Å². The van der Waals surface area contributed by atoms with Crippen LogP contribution in [0.25, 0.3) is 0 Å². The highest BCUT2D eigenvalue weighted by Gasteiger charge is 2.28. The van der Waals surface area contributed by atoms with E-state index in [4.69, 9.17) is 10.5 Å². The van der Waals surface area contributed by atoms with Gasteiger partial charge in [0.1, 0.15) is 0 Å². The molecular formula is C11H17NOS. The van der Waals surface area contributed by atoms with Crippen molar-refractivity contribution in [2.45, 2.75) is 32.4 Å². The molecule has 14 heavy (non-hydrogen) atoms. The predicted molar refractivity (Wildman–Crippen MR) is 59.5 cm³/mol. The van der Waals surface area contributed by atoms with Crippen LogP contribution < -0.4 is 5.73 Å². The topological polar surface area (TPSA) is 35.2 Å². The van der Waals surface area contributed by atoms with Crippen LogP contribution >= 0.6 is 11.3 Å². The standard InChI is InChI=1S/C11H17NOS/c1-7(2)10(12)11-8-4-6-14-9(8)3-5-13-11/h4,6-7,10-11H,3,5,12H2,1-2H3/t10-,11-/m0/s1. The number of thiophene rings is 1. The van der Waals surface area contributed by atoms with Gasteiger partial charge in [-0.2, -0.15) is 0 Å². The van der Waals surface area contributed by atoms with E-state index in [9.17, 15) is 0 Å². The summed E-state index contributed by atoms with van der Waals surface area (Å²) in [4.78, 5) is 1.46. The van der Waals surface area contributed by atoms with Crippen LogP contribution in [0.3, 0.4) is 0 Å². The molecular weight excluding hydrogens is 194 g/mol. The lowest BCUT2D eigenvalue weighted by molar-refractivity contribution is 0.0155. The van der Waals surface area contributed by atoms with E-state index in [0.29, 0.717) is 5.92 Å². The van der Waals surface area contributed by atoms with Crippen LogP contribution in [0, 0.1) is 5.92 Å². The van der Waals surface area contributed by atoms with Crippen molar-refractivity contribution in [1.82, 2.24) is 0 Å². The molecule has 0 radical (unpaired) electrons. The summed E-state index contributed by atoms with van der Waals surface area (Å²) in [6, 6.07) is 2.27. The molecule has 0 bridgehead atoms.